The number of carbonyl (C=O) groups excluding carboxylic acids is 1. The number of benzene rings is 3. The molecule has 1 saturated heterocycles. The van der Waals surface area contributed by atoms with Gasteiger partial charge in [-0.1, -0.05) is 42.5 Å². The largest absolute Gasteiger partial charge is 0.496 e. The molecule has 3 heterocycles. The molecule has 0 radical (unpaired) electrons. The molecule has 0 N–H and O–H groups in total. The maximum absolute atomic E-state index is 13.3. The van der Waals surface area contributed by atoms with Crippen molar-refractivity contribution in [3.8, 4) is 17.2 Å². The lowest BCUT2D eigenvalue weighted by atomic mass is 9.73. The maximum atomic E-state index is 13.3. The Kier molecular flexibility index (Phi) is 7.00. The van der Waals surface area contributed by atoms with Crippen molar-refractivity contribution in [3.05, 3.63) is 94.6 Å². The first kappa shape index (κ1) is 29.1. The SMILES string of the molecule is COc1ccccc1C1C2=C(Oc3ccc(C[C@H]4COC(C)(C)N4C(=O)OC(C)(C)C)cc31)c1ccccc1OC2(C)C. The van der Waals surface area contributed by atoms with Crippen LogP contribution < -0.4 is 14.2 Å². The van der Waals surface area contributed by atoms with Crippen LogP contribution in [0.25, 0.3) is 5.76 Å². The standard InChI is InChI=1S/C36H41NO6/c1-34(2,3)43-33(38)37-23(21-40-36(37,6)7)19-22-17-18-28-26(20-22)30(24-13-9-11-15-27(24)39-8)31-32(41-28)25-14-10-12-16-29(25)42-35(31,4)5/h9-18,20,23,30H,19,21H2,1-8H3/t23-,30?/m0/s1. The second-order valence-corrected chi connectivity index (χ2v) is 13.5. The van der Waals surface area contributed by atoms with E-state index in [4.69, 9.17) is 23.7 Å². The summed E-state index contributed by atoms with van der Waals surface area (Å²) >= 11 is 0. The van der Waals surface area contributed by atoms with Gasteiger partial charge in [0.2, 0.25) is 0 Å². The fraction of sp³-hybridized carbons (Fsp3) is 0.417. The van der Waals surface area contributed by atoms with Gasteiger partial charge in [0.15, 0.2) is 0 Å². The van der Waals surface area contributed by atoms with E-state index < -0.39 is 16.9 Å². The van der Waals surface area contributed by atoms with Crippen molar-refractivity contribution in [2.24, 2.45) is 0 Å². The highest BCUT2D eigenvalue weighted by atomic mass is 16.6. The number of ether oxygens (including phenoxy) is 5. The average molecular weight is 584 g/mol. The van der Waals surface area contributed by atoms with Crippen LogP contribution in [0.2, 0.25) is 0 Å². The number of hydrogen-bond acceptors (Lipinski definition) is 6. The van der Waals surface area contributed by atoms with Crippen LogP contribution in [-0.4, -0.2) is 47.7 Å². The maximum Gasteiger partial charge on any atom is 0.412 e. The zero-order valence-corrected chi connectivity index (χ0v) is 26.3. The predicted molar refractivity (Wildman–Crippen MR) is 166 cm³/mol. The fourth-order valence-electron chi connectivity index (χ4n) is 6.60. The molecule has 0 aliphatic carbocycles. The van der Waals surface area contributed by atoms with Crippen molar-refractivity contribution in [2.45, 2.75) is 83.8 Å². The Labute approximate surface area is 254 Å². The van der Waals surface area contributed by atoms with Crippen molar-refractivity contribution in [2.75, 3.05) is 13.7 Å². The summed E-state index contributed by atoms with van der Waals surface area (Å²) in [4.78, 5) is 15.1. The Morgan fingerprint density at radius 3 is 2.42 bits per heavy atom. The van der Waals surface area contributed by atoms with Gasteiger partial charge in [-0.05, 0) is 84.7 Å². The first-order valence-electron chi connectivity index (χ1n) is 14.9. The third-order valence-corrected chi connectivity index (χ3v) is 8.36. The van der Waals surface area contributed by atoms with E-state index in [1.165, 1.54) is 0 Å². The molecule has 7 nitrogen and oxygen atoms in total. The number of rotatable bonds is 4. The van der Waals surface area contributed by atoms with E-state index in [0.29, 0.717) is 13.0 Å². The monoisotopic (exact) mass is 583 g/mol. The van der Waals surface area contributed by atoms with E-state index in [-0.39, 0.29) is 18.1 Å². The molecule has 0 saturated carbocycles. The average Bonchev–Trinajstić information content (AvgIpc) is 3.24. The molecule has 0 aromatic heterocycles. The van der Waals surface area contributed by atoms with Crippen LogP contribution in [0.15, 0.2) is 72.3 Å². The fourth-order valence-corrected chi connectivity index (χ4v) is 6.60. The molecule has 2 atom stereocenters. The summed E-state index contributed by atoms with van der Waals surface area (Å²) in [6, 6.07) is 22.3. The van der Waals surface area contributed by atoms with Crippen LogP contribution in [-0.2, 0) is 15.9 Å². The smallest absolute Gasteiger partial charge is 0.412 e. The Hall–Kier alpha value is -3.97. The quantitative estimate of drug-likeness (QED) is 0.313. The number of hydrogen-bond donors (Lipinski definition) is 0. The summed E-state index contributed by atoms with van der Waals surface area (Å²) in [5, 5.41) is 0. The van der Waals surface area contributed by atoms with Crippen LogP contribution in [0.3, 0.4) is 0 Å². The molecule has 226 valence electrons. The van der Waals surface area contributed by atoms with E-state index >= 15 is 0 Å². The van der Waals surface area contributed by atoms with Crippen LogP contribution in [0.4, 0.5) is 4.79 Å². The second kappa shape index (κ2) is 10.3. The van der Waals surface area contributed by atoms with Gasteiger partial charge in [-0.25, -0.2) is 4.79 Å². The van der Waals surface area contributed by atoms with Gasteiger partial charge >= 0.3 is 6.09 Å². The lowest BCUT2D eigenvalue weighted by molar-refractivity contribution is -0.0624. The van der Waals surface area contributed by atoms with E-state index in [1.54, 1.807) is 12.0 Å². The first-order valence-corrected chi connectivity index (χ1v) is 14.9. The molecule has 7 heteroatoms. The molecule has 43 heavy (non-hydrogen) atoms. The Balaban J connectivity index is 1.45. The summed E-state index contributed by atoms with van der Waals surface area (Å²) in [6.07, 6.45) is 0.228. The molecule has 3 aliphatic heterocycles. The van der Waals surface area contributed by atoms with E-state index in [1.807, 2.05) is 83.1 Å². The van der Waals surface area contributed by atoms with Gasteiger partial charge in [0.1, 0.15) is 39.9 Å². The summed E-state index contributed by atoms with van der Waals surface area (Å²) < 4.78 is 31.1. The van der Waals surface area contributed by atoms with Gasteiger partial charge in [-0.2, -0.15) is 0 Å². The van der Waals surface area contributed by atoms with Gasteiger partial charge in [0.25, 0.3) is 0 Å². The molecule has 1 unspecified atom stereocenters. The van der Waals surface area contributed by atoms with Gasteiger partial charge < -0.3 is 23.7 Å². The van der Waals surface area contributed by atoms with Crippen molar-refractivity contribution in [3.63, 3.8) is 0 Å². The molecule has 3 aromatic carbocycles. The normalized spacial score (nSPS) is 21.6. The molecule has 0 bridgehead atoms. The second-order valence-electron chi connectivity index (χ2n) is 13.5. The predicted octanol–water partition coefficient (Wildman–Crippen LogP) is 7.72. The highest BCUT2D eigenvalue weighted by Gasteiger charge is 2.47. The highest BCUT2D eigenvalue weighted by Crippen LogP contribution is 2.55. The van der Waals surface area contributed by atoms with Crippen LogP contribution in [0.1, 0.15) is 76.6 Å². The van der Waals surface area contributed by atoms with Crippen LogP contribution >= 0.6 is 0 Å². The van der Waals surface area contributed by atoms with Gasteiger partial charge in [-0.3, -0.25) is 4.90 Å². The molecule has 3 aromatic rings. The minimum atomic E-state index is -0.777. The van der Waals surface area contributed by atoms with Gasteiger partial charge in [-0.15, -0.1) is 0 Å². The third-order valence-electron chi connectivity index (χ3n) is 8.36. The molecular weight excluding hydrogens is 542 g/mol. The minimum absolute atomic E-state index is 0.184. The lowest BCUT2D eigenvalue weighted by Crippen LogP contribution is -2.50. The third kappa shape index (κ3) is 5.24. The summed E-state index contributed by atoms with van der Waals surface area (Å²) in [5.74, 6) is 3.03. The van der Waals surface area contributed by atoms with Gasteiger partial charge in [0, 0.05) is 22.6 Å². The van der Waals surface area contributed by atoms with Gasteiger partial charge in [0.05, 0.1) is 25.3 Å². The molecule has 0 spiro atoms. The first-order chi connectivity index (χ1) is 20.3. The van der Waals surface area contributed by atoms with E-state index in [0.717, 1.165) is 50.8 Å². The number of amides is 1. The van der Waals surface area contributed by atoms with Crippen molar-refractivity contribution in [1.82, 2.24) is 4.90 Å². The Morgan fingerprint density at radius 1 is 0.953 bits per heavy atom. The summed E-state index contributed by atoms with van der Waals surface area (Å²) in [5.41, 5.74) is 3.08. The van der Waals surface area contributed by atoms with Crippen molar-refractivity contribution < 1.29 is 28.5 Å². The van der Waals surface area contributed by atoms with E-state index in [9.17, 15) is 4.79 Å². The number of fused-ring (bicyclic) bond motifs is 3. The summed E-state index contributed by atoms with van der Waals surface area (Å²) in [7, 11) is 1.70. The summed E-state index contributed by atoms with van der Waals surface area (Å²) in [6.45, 7) is 14.1. The topological polar surface area (TPSA) is 66.5 Å². The number of nitrogens with zero attached hydrogens (tertiary/aromatic N) is 1. The Morgan fingerprint density at radius 2 is 1.67 bits per heavy atom. The lowest BCUT2D eigenvalue weighted by Gasteiger charge is -2.43. The number of para-hydroxylation sites is 2. The van der Waals surface area contributed by atoms with Crippen molar-refractivity contribution in [1.29, 1.82) is 0 Å². The molecule has 3 aliphatic rings. The zero-order chi connectivity index (χ0) is 30.7. The minimum Gasteiger partial charge on any atom is -0.496 e. The molecule has 1 fully saturated rings. The highest BCUT2D eigenvalue weighted by molar-refractivity contribution is 5.79. The Bertz CT molecular complexity index is 1600. The molecular formula is C36H41NO6. The van der Waals surface area contributed by atoms with E-state index in [2.05, 4.69) is 32.0 Å². The zero-order valence-electron chi connectivity index (χ0n) is 26.3. The van der Waals surface area contributed by atoms with Crippen LogP contribution in [0, 0.1) is 0 Å². The number of carbonyl (C=O) groups is 1. The van der Waals surface area contributed by atoms with Crippen molar-refractivity contribution >= 4 is 11.9 Å². The molecule has 1 amide bonds. The molecule has 6 rings (SSSR count). The van der Waals surface area contributed by atoms with Crippen LogP contribution in [0.5, 0.6) is 17.2 Å². The number of methoxy groups -OCH3 is 1.